The van der Waals surface area contributed by atoms with Crippen LogP contribution in [0.2, 0.25) is 0 Å². The molecule has 1 fully saturated rings. The van der Waals surface area contributed by atoms with Gasteiger partial charge in [0.15, 0.2) is 0 Å². The van der Waals surface area contributed by atoms with Crippen LogP contribution in [0.1, 0.15) is 29.3 Å². The van der Waals surface area contributed by atoms with E-state index in [1.54, 1.807) is 18.5 Å². The molecule has 5 heteroatoms. The topological polar surface area (TPSA) is 53.4 Å². The molecule has 1 aromatic rings. The number of aliphatic hydroxyl groups excluding tert-OH is 1. The Morgan fingerprint density at radius 3 is 3.20 bits per heavy atom. The van der Waals surface area contributed by atoms with Crippen molar-refractivity contribution in [1.29, 1.82) is 0 Å². The molecule has 0 aromatic carbocycles. The van der Waals surface area contributed by atoms with E-state index in [1.807, 2.05) is 16.7 Å². The highest BCUT2D eigenvalue weighted by molar-refractivity contribution is 7.99. The summed E-state index contributed by atoms with van der Waals surface area (Å²) in [4.78, 5) is 18.4. The first-order valence-corrected chi connectivity index (χ1v) is 7.71. The highest BCUT2D eigenvalue weighted by atomic mass is 32.2. The van der Waals surface area contributed by atoms with E-state index >= 15 is 0 Å². The zero-order chi connectivity index (χ0) is 14.4. The van der Waals surface area contributed by atoms with Crippen LogP contribution in [0.15, 0.2) is 18.5 Å². The molecule has 20 heavy (non-hydrogen) atoms. The Kier molecular flexibility index (Phi) is 5.45. The van der Waals surface area contributed by atoms with Crippen molar-refractivity contribution in [3.8, 4) is 11.8 Å². The van der Waals surface area contributed by atoms with Gasteiger partial charge in [-0.3, -0.25) is 9.78 Å². The second-order valence-electron chi connectivity index (χ2n) is 4.67. The van der Waals surface area contributed by atoms with Crippen molar-refractivity contribution < 1.29 is 9.90 Å². The molecular formula is C15H18N2O2S. The van der Waals surface area contributed by atoms with E-state index in [1.165, 1.54) is 0 Å². The molecule has 1 saturated heterocycles. The average Bonchev–Trinajstić information content (AvgIpc) is 2.47. The summed E-state index contributed by atoms with van der Waals surface area (Å²) in [5, 5.41) is 9.18. The van der Waals surface area contributed by atoms with Gasteiger partial charge in [0.25, 0.3) is 5.91 Å². The third-order valence-electron chi connectivity index (χ3n) is 2.98. The van der Waals surface area contributed by atoms with Crippen LogP contribution in [0.3, 0.4) is 0 Å². The smallest absolute Gasteiger partial charge is 0.255 e. The molecule has 2 rings (SSSR count). The summed E-state index contributed by atoms with van der Waals surface area (Å²) in [6, 6.07) is 1.77. The zero-order valence-corrected chi connectivity index (χ0v) is 12.3. The lowest BCUT2D eigenvalue weighted by atomic mass is 10.1. The van der Waals surface area contributed by atoms with Crippen LogP contribution < -0.4 is 0 Å². The lowest BCUT2D eigenvalue weighted by molar-refractivity contribution is 0.0762. The molecule has 106 valence electrons. The van der Waals surface area contributed by atoms with Crippen LogP contribution in [0, 0.1) is 11.8 Å². The minimum absolute atomic E-state index is 0.0236. The van der Waals surface area contributed by atoms with E-state index in [4.69, 9.17) is 5.11 Å². The quantitative estimate of drug-likeness (QED) is 0.836. The lowest BCUT2D eigenvalue weighted by Crippen LogP contribution is -2.41. The predicted octanol–water partition coefficient (Wildman–Crippen LogP) is 1.39. The van der Waals surface area contributed by atoms with E-state index in [0.29, 0.717) is 22.8 Å². The monoisotopic (exact) mass is 290 g/mol. The molecule has 4 nitrogen and oxygen atoms in total. The van der Waals surface area contributed by atoms with Crippen molar-refractivity contribution in [3.05, 3.63) is 29.6 Å². The Balaban J connectivity index is 2.10. The fourth-order valence-corrected chi connectivity index (χ4v) is 3.04. The number of carbonyl (C=O) groups is 1. The number of hydrogen-bond donors (Lipinski definition) is 1. The van der Waals surface area contributed by atoms with Crippen molar-refractivity contribution in [3.63, 3.8) is 0 Å². The minimum atomic E-state index is 0.0236. The van der Waals surface area contributed by atoms with Gasteiger partial charge in [0, 0.05) is 48.5 Å². The van der Waals surface area contributed by atoms with Gasteiger partial charge in [-0.2, -0.15) is 11.8 Å². The molecule has 0 aliphatic carbocycles. The van der Waals surface area contributed by atoms with E-state index in [2.05, 4.69) is 23.7 Å². The summed E-state index contributed by atoms with van der Waals surface area (Å²) in [6.07, 6.45) is 3.65. The predicted molar refractivity (Wildman–Crippen MR) is 80.6 cm³/mol. The van der Waals surface area contributed by atoms with E-state index in [9.17, 15) is 4.79 Å². The van der Waals surface area contributed by atoms with Crippen molar-refractivity contribution in [2.75, 3.05) is 25.4 Å². The first kappa shape index (κ1) is 14.9. The van der Waals surface area contributed by atoms with Gasteiger partial charge in [-0.15, -0.1) is 0 Å². The van der Waals surface area contributed by atoms with Crippen molar-refractivity contribution in [2.45, 2.75) is 18.6 Å². The van der Waals surface area contributed by atoms with Crippen molar-refractivity contribution in [2.24, 2.45) is 0 Å². The molecule has 1 aromatic heterocycles. The number of nitrogens with zero attached hydrogens (tertiary/aromatic N) is 2. The lowest BCUT2D eigenvalue weighted by Gasteiger charge is -2.30. The van der Waals surface area contributed by atoms with Crippen LogP contribution in [-0.2, 0) is 0 Å². The molecule has 0 radical (unpaired) electrons. The molecule has 1 amide bonds. The second-order valence-corrected chi connectivity index (χ2v) is 6.22. The third-order valence-corrected chi connectivity index (χ3v) is 4.12. The molecule has 0 bridgehead atoms. The van der Waals surface area contributed by atoms with Crippen molar-refractivity contribution in [1.82, 2.24) is 9.88 Å². The molecule has 1 atom stereocenters. The molecule has 0 saturated carbocycles. The molecule has 1 unspecified atom stereocenters. The summed E-state index contributed by atoms with van der Waals surface area (Å²) < 4.78 is 0. The van der Waals surface area contributed by atoms with Crippen molar-refractivity contribution >= 4 is 17.7 Å². The Morgan fingerprint density at radius 1 is 1.60 bits per heavy atom. The normalized spacial score (nSPS) is 18.3. The summed E-state index contributed by atoms with van der Waals surface area (Å²) in [5.41, 5.74) is 1.30. The number of thioether (sulfide) groups is 1. The number of amides is 1. The summed E-state index contributed by atoms with van der Waals surface area (Å²) >= 11 is 1.90. The van der Waals surface area contributed by atoms with Crippen LogP contribution >= 0.6 is 11.8 Å². The Morgan fingerprint density at radius 2 is 2.45 bits per heavy atom. The Bertz CT molecular complexity index is 536. The summed E-state index contributed by atoms with van der Waals surface area (Å²) in [5.74, 6) is 6.75. The van der Waals surface area contributed by atoms with Gasteiger partial charge in [0.2, 0.25) is 0 Å². The van der Waals surface area contributed by atoms with Gasteiger partial charge in [-0.05, 0) is 6.07 Å². The van der Waals surface area contributed by atoms with Gasteiger partial charge in [-0.25, -0.2) is 0 Å². The highest BCUT2D eigenvalue weighted by Gasteiger charge is 2.22. The van der Waals surface area contributed by atoms with Crippen LogP contribution in [0.5, 0.6) is 0 Å². The molecule has 0 spiro atoms. The Labute approximate surface area is 123 Å². The zero-order valence-electron chi connectivity index (χ0n) is 11.5. The number of rotatable bonds is 2. The first-order valence-electron chi connectivity index (χ1n) is 6.66. The fraction of sp³-hybridized carbons (Fsp3) is 0.467. The minimum Gasteiger partial charge on any atom is -0.395 e. The van der Waals surface area contributed by atoms with Crippen LogP contribution in [-0.4, -0.2) is 51.6 Å². The van der Waals surface area contributed by atoms with Gasteiger partial charge < -0.3 is 10.0 Å². The number of aliphatic hydroxyl groups is 1. The number of carbonyl (C=O) groups excluding carboxylic acids is 1. The van der Waals surface area contributed by atoms with E-state index in [-0.39, 0.29) is 12.5 Å². The number of aromatic nitrogens is 1. The van der Waals surface area contributed by atoms with Gasteiger partial charge in [0.1, 0.15) is 0 Å². The van der Waals surface area contributed by atoms with Gasteiger partial charge >= 0.3 is 0 Å². The maximum atomic E-state index is 12.4. The van der Waals surface area contributed by atoms with E-state index < -0.39 is 0 Å². The summed E-state index contributed by atoms with van der Waals surface area (Å²) in [6.45, 7) is 3.75. The molecule has 1 aliphatic rings. The number of pyridine rings is 1. The second kappa shape index (κ2) is 7.32. The number of hydrogen-bond acceptors (Lipinski definition) is 4. The summed E-state index contributed by atoms with van der Waals surface area (Å²) in [7, 11) is 0. The molecule has 1 N–H and O–H groups in total. The van der Waals surface area contributed by atoms with Gasteiger partial charge in [-0.1, -0.05) is 18.8 Å². The first-order chi connectivity index (χ1) is 9.70. The third kappa shape index (κ3) is 3.99. The fourth-order valence-electron chi connectivity index (χ4n) is 2.03. The van der Waals surface area contributed by atoms with Crippen LogP contribution in [0.25, 0.3) is 0 Å². The van der Waals surface area contributed by atoms with Crippen LogP contribution in [0.4, 0.5) is 0 Å². The molecule has 1 aliphatic heterocycles. The SMILES string of the molecule is CC1CN(C(=O)c2cncc(C#CCCO)c2)CCS1. The average molecular weight is 290 g/mol. The molecular weight excluding hydrogens is 272 g/mol. The highest BCUT2D eigenvalue weighted by Crippen LogP contribution is 2.19. The standard InChI is InChI=1S/C15H18N2O2S/c1-12-11-17(5-7-20-12)15(19)14-8-13(9-16-10-14)4-2-3-6-18/h8-10,12,18H,3,5-7,11H2,1H3. The maximum absolute atomic E-state index is 12.4. The van der Waals surface area contributed by atoms with E-state index in [0.717, 1.165) is 18.8 Å². The largest absolute Gasteiger partial charge is 0.395 e. The maximum Gasteiger partial charge on any atom is 0.255 e. The Hall–Kier alpha value is -1.51. The molecule has 2 heterocycles. The van der Waals surface area contributed by atoms with Gasteiger partial charge in [0.05, 0.1) is 12.2 Å².